The fourth-order valence-corrected chi connectivity index (χ4v) is 2.12. The molecule has 104 valence electrons. The molecule has 1 aromatic heterocycles. The molecule has 0 amide bonds. The Bertz CT molecular complexity index is 762. The Morgan fingerprint density at radius 3 is 2.38 bits per heavy atom. The number of para-hydroxylation sites is 3. The molecule has 4 heteroatoms. The van der Waals surface area contributed by atoms with Gasteiger partial charge in [0, 0.05) is 6.20 Å². The first kappa shape index (κ1) is 13.0. The van der Waals surface area contributed by atoms with Gasteiger partial charge in [-0.25, -0.2) is 4.79 Å². The van der Waals surface area contributed by atoms with E-state index in [1.165, 1.54) is 0 Å². The number of hydrogen-bond donors (Lipinski definition) is 1. The molecular weight excluding hydrogens is 266 g/mol. The molecule has 0 radical (unpaired) electrons. The first-order valence-electron chi connectivity index (χ1n) is 6.48. The van der Waals surface area contributed by atoms with Gasteiger partial charge < -0.3 is 14.4 Å². The van der Waals surface area contributed by atoms with E-state index in [2.05, 4.69) is 0 Å². The third-order valence-corrected chi connectivity index (χ3v) is 3.06. The van der Waals surface area contributed by atoms with Crippen molar-refractivity contribution in [1.29, 1.82) is 0 Å². The van der Waals surface area contributed by atoms with Gasteiger partial charge in [0.2, 0.25) is 0 Å². The lowest BCUT2D eigenvalue weighted by Crippen LogP contribution is -2.06. The van der Waals surface area contributed by atoms with Crippen LogP contribution < -0.4 is 4.74 Å². The second-order valence-electron chi connectivity index (χ2n) is 4.45. The number of carboxylic acid groups (broad SMARTS) is 1. The number of carboxylic acids is 1. The number of ether oxygens (including phenoxy) is 1. The predicted molar refractivity (Wildman–Crippen MR) is 79.2 cm³/mol. The summed E-state index contributed by atoms with van der Waals surface area (Å²) in [5, 5.41) is 9.23. The molecular formula is C17H13NO3. The first-order chi connectivity index (χ1) is 10.3. The van der Waals surface area contributed by atoms with Gasteiger partial charge in [-0.3, -0.25) is 0 Å². The normalized spacial score (nSPS) is 10.3. The molecule has 0 aliphatic carbocycles. The van der Waals surface area contributed by atoms with Crippen LogP contribution >= 0.6 is 0 Å². The molecule has 0 spiro atoms. The van der Waals surface area contributed by atoms with Crippen LogP contribution in [0.15, 0.2) is 72.9 Å². The maximum Gasteiger partial charge on any atom is 0.352 e. The van der Waals surface area contributed by atoms with Crippen LogP contribution in [0.3, 0.4) is 0 Å². The van der Waals surface area contributed by atoms with Gasteiger partial charge >= 0.3 is 5.97 Å². The molecule has 4 nitrogen and oxygen atoms in total. The molecule has 0 bridgehead atoms. The minimum atomic E-state index is -0.977. The van der Waals surface area contributed by atoms with E-state index in [0.29, 0.717) is 17.2 Å². The van der Waals surface area contributed by atoms with Crippen LogP contribution in [-0.2, 0) is 0 Å². The summed E-state index contributed by atoms with van der Waals surface area (Å²) in [5.74, 6) is 0.325. The first-order valence-corrected chi connectivity index (χ1v) is 6.48. The zero-order chi connectivity index (χ0) is 14.7. The van der Waals surface area contributed by atoms with Crippen molar-refractivity contribution in [3.63, 3.8) is 0 Å². The number of rotatable bonds is 4. The van der Waals surface area contributed by atoms with Gasteiger partial charge in [-0.2, -0.15) is 0 Å². The van der Waals surface area contributed by atoms with Crippen LogP contribution in [0, 0.1) is 0 Å². The average Bonchev–Trinajstić information content (AvgIpc) is 2.98. The van der Waals surface area contributed by atoms with Crippen molar-refractivity contribution in [2.75, 3.05) is 0 Å². The largest absolute Gasteiger partial charge is 0.477 e. The summed E-state index contributed by atoms with van der Waals surface area (Å²) >= 11 is 0. The Balaban J connectivity index is 2.04. The van der Waals surface area contributed by atoms with E-state index in [0.717, 1.165) is 0 Å². The van der Waals surface area contributed by atoms with E-state index in [9.17, 15) is 9.90 Å². The third kappa shape index (κ3) is 2.65. The highest BCUT2D eigenvalue weighted by molar-refractivity contribution is 5.86. The van der Waals surface area contributed by atoms with Gasteiger partial charge in [-0.05, 0) is 36.4 Å². The van der Waals surface area contributed by atoms with Gasteiger partial charge in [0.1, 0.15) is 11.4 Å². The zero-order valence-electron chi connectivity index (χ0n) is 11.1. The lowest BCUT2D eigenvalue weighted by atomic mass is 10.2. The van der Waals surface area contributed by atoms with Crippen LogP contribution in [0.4, 0.5) is 0 Å². The Labute approximate surface area is 121 Å². The molecule has 3 aromatic rings. The van der Waals surface area contributed by atoms with Crippen molar-refractivity contribution in [2.45, 2.75) is 0 Å². The molecule has 0 aliphatic heterocycles. The number of carbonyl (C=O) groups is 1. The summed E-state index contributed by atoms with van der Waals surface area (Å²) in [4.78, 5) is 11.3. The van der Waals surface area contributed by atoms with Crippen molar-refractivity contribution in [3.05, 3.63) is 78.6 Å². The molecule has 0 fully saturated rings. The van der Waals surface area contributed by atoms with Crippen molar-refractivity contribution < 1.29 is 14.6 Å². The van der Waals surface area contributed by atoms with E-state index < -0.39 is 5.97 Å². The fourth-order valence-electron chi connectivity index (χ4n) is 2.12. The summed E-state index contributed by atoms with van der Waals surface area (Å²) in [6, 6.07) is 20.0. The monoisotopic (exact) mass is 279 g/mol. The molecule has 1 heterocycles. The zero-order valence-corrected chi connectivity index (χ0v) is 11.1. The van der Waals surface area contributed by atoms with E-state index in [4.69, 9.17) is 4.74 Å². The third-order valence-electron chi connectivity index (χ3n) is 3.06. The van der Waals surface area contributed by atoms with Crippen LogP contribution in [0.25, 0.3) is 5.69 Å². The highest BCUT2D eigenvalue weighted by Gasteiger charge is 2.13. The maximum absolute atomic E-state index is 11.3. The second kappa shape index (κ2) is 5.54. The topological polar surface area (TPSA) is 51.5 Å². The molecule has 21 heavy (non-hydrogen) atoms. The molecule has 0 atom stereocenters. The highest BCUT2D eigenvalue weighted by Crippen LogP contribution is 2.29. The lowest BCUT2D eigenvalue weighted by molar-refractivity contribution is 0.0688. The summed E-state index contributed by atoms with van der Waals surface area (Å²) in [5.41, 5.74) is 0.878. The van der Waals surface area contributed by atoms with Gasteiger partial charge in [-0.1, -0.05) is 30.3 Å². The Hall–Kier alpha value is -3.01. The number of aromatic nitrogens is 1. The highest BCUT2D eigenvalue weighted by atomic mass is 16.5. The molecule has 0 aliphatic rings. The van der Waals surface area contributed by atoms with Gasteiger partial charge in [0.25, 0.3) is 0 Å². The maximum atomic E-state index is 11.3. The molecule has 2 aromatic carbocycles. The number of aromatic carboxylic acids is 1. The SMILES string of the molecule is O=C(O)c1cccn1-c1ccccc1Oc1ccccc1. The summed E-state index contributed by atoms with van der Waals surface area (Å²) in [6.07, 6.45) is 1.70. The van der Waals surface area contributed by atoms with Gasteiger partial charge in [0.15, 0.2) is 5.75 Å². The summed E-state index contributed by atoms with van der Waals surface area (Å²) < 4.78 is 7.45. The minimum absolute atomic E-state index is 0.194. The molecule has 0 saturated heterocycles. The van der Waals surface area contributed by atoms with Crippen LogP contribution in [0.5, 0.6) is 11.5 Å². The van der Waals surface area contributed by atoms with Crippen molar-refractivity contribution in [2.24, 2.45) is 0 Å². The average molecular weight is 279 g/mol. The van der Waals surface area contributed by atoms with Gasteiger partial charge in [-0.15, -0.1) is 0 Å². The predicted octanol–water partition coefficient (Wildman–Crippen LogP) is 3.97. The Kier molecular flexibility index (Phi) is 3.43. The molecule has 0 saturated carbocycles. The number of hydrogen-bond acceptors (Lipinski definition) is 2. The van der Waals surface area contributed by atoms with Crippen molar-refractivity contribution in [1.82, 2.24) is 4.57 Å². The molecule has 0 unspecified atom stereocenters. The van der Waals surface area contributed by atoms with Crippen LogP contribution in [0.1, 0.15) is 10.5 Å². The fraction of sp³-hybridized carbons (Fsp3) is 0. The van der Waals surface area contributed by atoms with E-state index in [1.54, 1.807) is 22.9 Å². The minimum Gasteiger partial charge on any atom is -0.477 e. The summed E-state index contributed by atoms with van der Waals surface area (Å²) in [7, 11) is 0. The standard InChI is InChI=1S/C17H13NO3/c19-17(20)15-10-6-12-18(15)14-9-4-5-11-16(14)21-13-7-2-1-3-8-13/h1-12H,(H,19,20). The van der Waals surface area contributed by atoms with Crippen molar-refractivity contribution >= 4 is 5.97 Å². The number of nitrogens with zero attached hydrogens (tertiary/aromatic N) is 1. The van der Waals surface area contributed by atoms with Crippen molar-refractivity contribution in [3.8, 4) is 17.2 Å². The second-order valence-corrected chi connectivity index (χ2v) is 4.45. The smallest absolute Gasteiger partial charge is 0.352 e. The van der Waals surface area contributed by atoms with Gasteiger partial charge in [0.05, 0.1) is 5.69 Å². The van der Waals surface area contributed by atoms with E-state index >= 15 is 0 Å². The lowest BCUT2D eigenvalue weighted by Gasteiger charge is -2.13. The quantitative estimate of drug-likeness (QED) is 0.786. The van der Waals surface area contributed by atoms with Crippen LogP contribution in [-0.4, -0.2) is 15.6 Å². The Morgan fingerprint density at radius 1 is 0.905 bits per heavy atom. The van der Waals surface area contributed by atoms with E-state index in [1.807, 2.05) is 54.6 Å². The molecule has 3 rings (SSSR count). The van der Waals surface area contributed by atoms with E-state index in [-0.39, 0.29) is 5.69 Å². The Morgan fingerprint density at radius 2 is 1.62 bits per heavy atom. The summed E-state index contributed by atoms with van der Waals surface area (Å²) in [6.45, 7) is 0. The molecule has 1 N–H and O–H groups in total. The number of benzene rings is 2. The van der Waals surface area contributed by atoms with Crippen LogP contribution in [0.2, 0.25) is 0 Å².